The maximum Gasteiger partial charge on any atom is 0.256 e. The van der Waals surface area contributed by atoms with Gasteiger partial charge in [0, 0.05) is 36.7 Å². The third-order valence-corrected chi connectivity index (χ3v) is 5.23. The highest BCUT2D eigenvalue weighted by molar-refractivity contribution is 6.34. The first-order valence-electron chi connectivity index (χ1n) is 9.73. The lowest BCUT2D eigenvalue weighted by Gasteiger charge is -2.24. The van der Waals surface area contributed by atoms with Crippen molar-refractivity contribution in [2.75, 3.05) is 19.4 Å². The molecule has 3 amide bonds. The summed E-state index contributed by atoms with van der Waals surface area (Å²) in [5, 5.41) is 15.2. The van der Waals surface area contributed by atoms with Gasteiger partial charge in [-0.15, -0.1) is 0 Å². The predicted molar refractivity (Wildman–Crippen MR) is 115 cm³/mol. The highest BCUT2D eigenvalue weighted by Crippen LogP contribution is 2.34. The molecule has 0 fully saturated rings. The lowest BCUT2D eigenvalue weighted by atomic mass is 10.0. The SMILES string of the molecule is Cc1[nH]c(/C=C2\C(=O)Nc3ccc(F)cc32)c(C)c1C(=O)N[C@@H](C(=O)N(C)C)[C@@H](C)O. The van der Waals surface area contributed by atoms with E-state index in [0.717, 1.165) is 0 Å². The first kappa shape index (κ1) is 22.2. The largest absolute Gasteiger partial charge is 0.391 e. The van der Waals surface area contributed by atoms with Crippen LogP contribution in [0.25, 0.3) is 11.6 Å². The van der Waals surface area contributed by atoms with Crippen LogP contribution < -0.4 is 10.6 Å². The highest BCUT2D eigenvalue weighted by atomic mass is 19.1. The number of fused-ring (bicyclic) bond motifs is 1. The van der Waals surface area contributed by atoms with Crippen LogP contribution in [0.5, 0.6) is 0 Å². The van der Waals surface area contributed by atoms with Gasteiger partial charge in [0.25, 0.3) is 11.8 Å². The van der Waals surface area contributed by atoms with Crippen molar-refractivity contribution in [1.82, 2.24) is 15.2 Å². The number of benzene rings is 1. The molecular formula is C22H25FN4O4. The van der Waals surface area contributed by atoms with Gasteiger partial charge in [-0.05, 0) is 50.6 Å². The minimum Gasteiger partial charge on any atom is -0.391 e. The number of H-pyrrole nitrogens is 1. The molecule has 9 heteroatoms. The lowest BCUT2D eigenvalue weighted by molar-refractivity contribution is -0.133. The summed E-state index contributed by atoms with van der Waals surface area (Å²) in [7, 11) is 3.07. The number of amides is 3. The van der Waals surface area contributed by atoms with Crippen molar-refractivity contribution in [1.29, 1.82) is 0 Å². The number of aromatic nitrogens is 1. The number of halogens is 1. The summed E-state index contributed by atoms with van der Waals surface area (Å²) in [5.41, 5.74) is 3.13. The number of anilines is 1. The van der Waals surface area contributed by atoms with Gasteiger partial charge in [0.2, 0.25) is 5.91 Å². The number of nitrogens with one attached hydrogen (secondary N) is 3. The summed E-state index contributed by atoms with van der Waals surface area (Å²) in [4.78, 5) is 42.0. The van der Waals surface area contributed by atoms with E-state index >= 15 is 0 Å². The van der Waals surface area contributed by atoms with Gasteiger partial charge in [0.1, 0.15) is 11.9 Å². The van der Waals surface area contributed by atoms with Crippen LogP contribution in [-0.4, -0.2) is 59.0 Å². The lowest BCUT2D eigenvalue weighted by Crippen LogP contribution is -2.52. The van der Waals surface area contributed by atoms with Crippen molar-refractivity contribution in [3.05, 3.63) is 52.1 Å². The smallest absolute Gasteiger partial charge is 0.256 e. The van der Waals surface area contributed by atoms with Gasteiger partial charge in [0.05, 0.1) is 17.2 Å². The second-order valence-electron chi connectivity index (χ2n) is 7.79. The number of nitrogens with zero attached hydrogens (tertiary/aromatic N) is 1. The Hall–Kier alpha value is -3.46. The van der Waals surface area contributed by atoms with Crippen molar-refractivity contribution in [2.45, 2.75) is 32.9 Å². The minimum absolute atomic E-state index is 0.274. The van der Waals surface area contributed by atoms with Crippen molar-refractivity contribution in [3.8, 4) is 0 Å². The van der Waals surface area contributed by atoms with Gasteiger partial charge in [0.15, 0.2) is 0 Å². The number of likely N-dealkylation sites (N-methyl/N-ethyl adjacent to an activating group) is 1. The number of aliphatic hydroxyl groups is 1. The third kappa shape index (κ3) is 4.22. The van der Waals surface area contributed by atoms with E-state index in [9.17, 15) is 23.9 Å². The Bertz CT molecular complexity index is 1100. The van der Waals surface area contributed by atoms with E-state index in [1.165, 1.54) is 44.1 Å². The van der Waals surface area contributed by atoms with E-state index < -0.39 is 29.8 Å². The van der Waals surface area contributed by atoms with Crippen LogP contribution in [0.1, 0.15) is 39.8 Å². The molecule has 3 rings (SSSR count). The Balaban J connectivity index is 1.96. The van der Waals surface area contributed by atoms with Crippen LogP contribution in [0.3, 0.4) is 0 Å². The van der Waals surface area contributed by atoms with Crippen molar-refractivity contribution in [3.63, 3.8) is 0 Å². The fraction of sp³-hybridized carbons (Fsp3) is 0.318. The fourth-order valence-electron chi connectivity index (χ4n) is 3.59. The third-order valence-electron chi connectivity index (χ3n) is 5.23. The van der Waals surface area contributed by atoms with Gasteiger partial charge in [-0.1, -0.05) is 0 Å². The standard InChI is InChI=1S/C22H25FN4O4/c1-10-17(9-15-14-8-13(23)6-7-16(14)25-20(15)29)24-11(2)18(10)21(30)26-19(12(3)28)22(31)27(4)5/h6-9,12,19,24,28H,1-5H3,(H,25,29)(H,26,30)/b15-9-/t12-,19-/m1/s1. The maximum absolute atomic E-state index is 13.7. The highest BCUT2D eigenvalue weighted by Gasteiger charge is 2.30. The number of hydrogen-bond acceptors (Lipinski definition) is 4. The molecule has 2 heterocycles. The van der Waals surface area contributed by atoms with Crippen LogP contribution in [0, 0.1) is 19.7 Å². The molecule has 1 aromatic carbocycles. The van der Waals surface area contributed by atoms with Crippen LogP contribution in [0.2, 0.25) is 0 Å². The van der Waals surface area contributed by atoms with E-state index in [4.69, 9.17) is 0 Å². The zero-order chi connectivity index (χ0) is 23.0. The van der Waals surface area contributed by atoms with E-state index in [1.807, 2.05) is 0 Å². The molecular weight excluding hydrogens is 403 g/mol. The molecule has 0 spiro atoms. The van der Waals surface area contributed by atoms with Crippen LogP contribution in [0.4, 0.5) is 10.1 Å². The Labute approximate surface area is 179 Å². The molecule has 0 unspecified atom stereocenters. The molecule has 4 N–H and O–H groups in total. The van der Waals surface area contributed by atoms with E-state index in [2.05, 4.69) is 15.6 Å². The van der Waals surface area contributed by atoms with Gasteiger partial charge in [-0.25, -0.2) is 4.39 Å². The zero-order valence-electron chi connectivity index (χ0n) is 18.0. The molecule has 1 aromatic heterocycles. The molecule has 31 heavy (non-hydrogen) atoms. The molecule has 164 valence electrons. The fourth-order valence-corrected chi connectivity index (χ4v) is 3.59. The maximum atomic E-state index is 13.7. The van der Waals surface area contributed by atoms with Crippen LogP contribution in [-0.2, 0) is 9.59 Å². The van der Waals surface area contributed by atoms with Crippen LogP contribution in [0.15, 0.2) is 18.2 Å². The molecule has 0 radical (unpaired) electrons. The Morgan fingerprint density at radius 3 is 2.55 bits per heavy atom. The molecule has 0 bridgehead atoms. The first-order valence-corrected chi connectivity index (χ1v) is 9.73. The quantitative estimate of drug-likeness (QED) is 0.544. The summed E-state index contributed by atoms with van der Waals surface area (Å²) in [6.07, 6.45) is 0.477. The molecule has 1 aliphatic heterocycles. The molecule has 2 atom stereocenters. The topological polar surface area (TPSA) is 115 Å². The molecule has 1 aliphatic rings. The Kier molecular flexibility index (Phi) is 5.99. The van der Waals surface area contributed by atoms with Crippen molar-refractivity contribution < 1.29 is 23.9 Å². The van der Waals surface area contributed by atoms with E-state index in [0.29, 0.717) is 33.8 Å². The predicted octanol–water partition coefficient (Wildman–Crippen LogP) is 1.83. The van der Waals surface area contributed by atoms with Crippen LogP contribution >= 0.6 is 0 Å². The Morgan fingerprint density at radius 2 is 1.94 bits per heavy atom. The normalized spacial score (nSPS) is 16.0. The number of carbonyl (C=O) groups excluding carboxylic acids is 3. The second kappa shape index (κ2) is 8.35. The molecule has 8 nitrogen and oxygen atoms in total. The number of aliphatic hydroxyl groups excluding tert-OH is 1. The average molecular weight is 428 g/mol. The number of aromatic amines is 1. The van der Waals surface area contributed by atoms with Gasteiger partial charge in [-0.3, -0.25) is 14.4 Å². The molecule has 0 aliphatic carbocycles. The monoisotopic (exact) mass is 428 g/mol. The number of rotatable bonds is 5. The van der Waals surface area contributed by atoms with E-state index in [1.54, 1.807) is 19.9 Å². The summed E-state index contributed by atoms with van der Waals surface area (Å²) in [6.45, 7) is 4.82. The van der Waals surface area contributed by atoms with E-state index in [-0.39, 0.29) is 11.5 Å². The van der Waals surface area contributed by atoms with Crippen molar-refractivity contribution >= 4 is 35.1 Å². The number of hydrogen-bond donors (Lipinski definition) is 4. The summed E-state index contributed by atoms with van der Waals surface area (Å²) >= 11 is 0. The van der Waals surface area contributed by atoms with Gasteiger partial charge >= 0.3 is 0 Å². The number of aryl methyl sites for hydroxylation is 1. The molecule has 2 aromatic rings. The summed E-state index contributed by atoms with van der Waals surface area (Å²) in [5.74, 6) is -1.79. The number of carbonyl (C=O) groups is 3. The average Bonchev–Trinajstić information content (AvgIpc) is 3.14. The summed E-state index contributed by atoms with van der Waals surface area (Å²) in [6, 6.07) is 2.93. The summed E-state index contributed by atoms with van der Waals surface area (Å²) < 4.78 is 13.7. The van der Waals surface area contributed by atoms with Gasteiger partial charge in [-0.2, -0.15) is 0 Å². The molecule has 0 saturated heterocycles. The zero-order valence-corrected chi connectivity index (χ0v) is 18.0. The first-order chi connectivity index (χ1) is 14.5. The second-order valence-corrected chi connectivity index (χ2v) is 7.79. The Morgan fingerprint density at radius 1 is 1.26 bits per heavy atom. The molecule has 0 saturated carbocycles. The van der Waals surface area contributed by atoms with Crippen molar-refractivity contribution in [2.24, 2.45) is 0 Å². The van der Waals surface area contributed by atoms with Gasteiger partial charge < -0.3 is 25.6 Å². The minimum atomic E-state index is -1.10.